The second kappa shape index (κ2) is 8.82. The van der Waals surface area contributed by atoms with E-state index in [2.05, 4.69) is 41.4 Å². The number of carbonyl (C=O) groups excluding carboxylic acids is 2. The van der Waals surface area contributed by atoms with Crippen LogP contribution in [0.15, 0.2) is 42.0 Å². The number of hydrogen-bond donors (Lipinski definition) is 3. The number of nitriles is 1. The van der Waals surface area contributed by atoms with Crippen LogP contribution in [0.2, 0.25) is 0 Å². The average molecular weight is 377 g/mol. The van der Waals surface area contributed by atoms with E-state index in [1.807, 2.05) is 6.07 Å². The number of H-pyrrole nitrogens is 1. The van der Waals surface area contributed by atoms with E-state index < -0.39 is 5.91 Å². The van der Waals surface area contributed by atoms with Gasteiger partial charge in [0, 0.05) is 16.8 Å². The lowest BCUT2D eigenvalue weighted by atomic mass is 9.90. The normalized spacial score (nSPS) is 12.2. The number of rotatable bonds is 6. The molecule has 2 rings (SSSR count). The van der Waals surface area contributed by atoms with Crippen LogP contribution in [0.4, 0.5) is 0 Å². The van der Waals surface area contributed by atoms with E-state index in [-0.39, 0.29) is 11.1 Å². The van der Waals surface area contributed by atoms with Gasteiger partial charge in [0.15, 0.2) is 0 Å². The average Bonchev–Trinajstić information content (AvgIpc) is 3.10. The van der Waals surface area contributed by atoms with Crippen molar-refractivity contribution in [3.05, 3.63) is 64.5 Å². The van der Waals surface area contributed by atoms with Crippen LogP contribution in [-0.4, -0.2) is 22.3 Å². The molecule has 0 saturated heterocycles. The fraction of sp³-hybridized carbons (Fsp3) is 0.238. The maximum atomic E-state index is 12.6. The number of nitrogens with one attached hydrogen (secondary N) is 3. The van der Waals surface area contributed by atoms with Crippen molar-refractivity contribution in [3.63, 3.8) is 0 Å². The van der Waals surface area contributed by atoms with Crippen LogP contribution in [0.25, 0.3) is 12.2 Å². The Morgan fingerprint density at radius 3 is 2.46 bits per heavy atom. The summed E-state index contributed by atoms with van der Waals surface area (Å²) in [6, 6.07) is 8.70. The zero-order chi connectivity index (χ0) is 20.7. The topological polar surface area (TPSA) is 111 Å². The molecule has 0 atom stereocenters. The van der Waals surface area contributed by atoms with Crippen LogP contribution >= 0.6 is 0 Å². The van der Waals surface area contributed by atoms with Crippen molar-refractivity contribution < 1.29 is 9.59 Å². The van der Waals surface area contributed by atoms with Gasteiger partial charge in [0.2, 0.25) is 6.41 Å². The van der Waals surface area contributed by atoms with Crippen LogP contribution in [0, 0.1) is 11.3 Å². The summed E-state index contributed by atoms with van der Waals surface area (Å²) < 4.78 is 0. The molecule has 0 aliphatic carbocycles. The highest BCUT2D eigenvalue weighted by Gasteiger charge is 2.19. The van der Waals surface area contributed by atoms with Crippen LogP contribution in [0.3, 0.4) is 0 Å². The monoisotopic (exact) mass is 377 g/mol. The summed E-state index contributed by atoms with van der Waals surface area (Å²) in [5.41, 5.74) is 3.45. The number of aromatic nitrogens is 2. The second-order valence-electron chi connectivity index (χ2n) is 7.25. The number of hydrogen-bond acceptors (Lipinski definition) is 4. The molecule has 0 aliphatic rings. The summed E-state index contributed by atoms with van der Waals surface area (Å²) in [7, 11) is 0. The molecule has 2 aromatic rings. The molecule has 7 heteroatoms. The molecule has 144 valence electrons. The van der Waals surface area contributed by atoms with E-state index in [1.165, 1.54) is 6.08 Å². The van der Waals surface area contributed by atoms with E-state index >= 15 is 0 Å². The Morgan fingerprint density at radius 1 is 1.21 bits per heavy atom. The largest absolute Gasteiger partial charge is 0.348 e. The highest BCUT2D eigenvalue weighted by molar-refractivity contribution is 6.00. The molecular formula is C21H23N5O2. The van der Waals surface area contributed by atoms with E-state index in [4.69, 9.17) is 5.26 Å². The molecule has 0 unspecified atom stereocenters. The zero-order valence-corrected chi connectivity index (χ0v) is 16.3. The quantitative estimate of drug-likeness (QED) is 0.531. The first-order valence-electron chi connectivity index (χ1n) is 8.70. The predicted molar refractivity (Wildman–Crippen MR) is 107 cm³/mol. The predicted octanol–water partition coefficient (Wildman–Crippen LogP) is 2.84. The highest BCUT2D eigenvalue weighted by atomic mass is 16.2. The summed E-state index contributed by atoms with van der Waals surface area (Å²) in [6.45, 7) is 7.95. The summed E-state index contributed by atoms with van der Waals surface area (Å²) in [6.07, 6.45) is 5.37. The van der Waals surface area contributed by atoms with Crippen molar-refractivity contribution in [2.24, 2.45) is 0 Å². The fourth-order valence-corrected chi connectivity index (χ4v) is 2.56. The van der Waals surface area contributed by atoms with Gasteiger partial charge in [-0.3, -0.25) is 9.59 Å². The lowest BCUT2D eigenvalue weighted by Gasteiger charge is -2.17. The lowest BCUT2D eigenvalue weighted by Crippen LogP contribution is -2.30. The van der Waals surface area contributed by atoms with Crippen molar-refractivity contribution >= 4 is 24.5 Å². The van der Waals surface area contributed by atoms with Gasteiger partial charge >= 0.3 is 0 Å². The summed E-state index contributed by atoms with van der Waals surface area (Å²) in [4.78, 5) is 30.9. The van der Waals surface area contributed by atoms with Gasteiger partial charge in [0.25, 0.3) is 5.91 Å². The molecule has 0 bridgehead atoms. The molecule has 1 aromatic heterocycles. The number of benzene rings is 1. The number of carbonyl (C=O) groups is 2. The van der Waals surface area contributed by atoms with Gasteiger partial charge in [0.1, 0.15) is 5.70 Å². The van der Waals surface area contributed by atoms with Crippen molar-refractivity contribution in [2.75, 3.05) is 0 Å². The first-order chi connectivity index (χ1) is 13.2. The highest BCUT2D eigenvalue weighted by Crippen LogP contribution is 2.24. The standard InChI is InChI=1S/C21H23N5O2/c1-14(9-17-19(21(2,3)4)24-12-23-17)26-20(28)18(25-13-27)10-15-5-7-16(11-22)8-6-15/h5-10,12-13H,1-4H3,(H,23,24)(H,25,27)(H,26,28)/b14-9-,18-10-. The minimum absolute atomic E-state index is 0.0885. The van der Waals surface area contributed by atoms with Crippen LogP contribution in [0.5, 0.6) is 0 Å². The molecule has 1 aromatic carbocycles. The van der Waals surface area contributed by atoms with Crippen molar-refractivity contribution in [1.82, 2.24) is 20.6 Å². The summed E-state index contributed by atoms with van der Waals surface area (Å²) in [5.74, 6) is -0.460. The first-order valence-corrected chi connectivity index (χ1v) is 8.70. The number of aromatic amines is 1. The van der Waals surface area contributed by atoms with Gasteiger partial charge < -0.3 is 15.6 Å². The van der Waals surface area contributed by atoms with Gasteiger partial charge in [-0.15, -0.1) is 0 Å². The van der Waals surface area contributed by atoms with Crippen molar-refractivity contribution in [3.8, 4) is 6.07 Å². The van der Waals surface area contributed by atoms with E-state index in [1.54, 1.807) is 43.6 Å². The lowest BCUT2D eigenvalue weighted by molar-refractivity contribution is -0.118. The van der Waals surface area contributed by atoms with Crippen LogP contribution in [-0.2, 0) is 15.0 Å². The Labute approximate surface area is 164 Å². The van der Waals surface area contributed by atoms with Gasteiger partial charge in [0.05, 0.1) is 23.7 Å². The van der Waals surface area contributed by atoms with Crippen molar-refractivity contribution in [2.45, 2.75) is 33.1 Å². The Bertz CT molecular complexity index is 954. The first kappa shape index (κ1) is 20.6. The molecule has 0 saturated carbocycles. The molecule has 0 aliphatic heterocycles. The third-order valence-corrected chi connectivity index (χ3v) is 3.89. The summed E-state index contributed by atoms with van der Waals surface area (Å²) >= 11 is 0. The number of allylic oxidation sites excluding steroid dienone is 1. The van der Waals surface area contributed by atoms with Gasteiger partial charge in [-0.05, 0) is 36.8 Å². The van der Waals surface area contributed by atoms with Gasteiger partial charge in [-0.1, -0.05) is 32.9 Å². The smallest absolute Gasteiger partial charge is 0.271 e. The third kappa shape index (κ3) is 5.42. The van der Waals surface area contributed by atoms with E-state index in [0.29, 0.717) is 23.2 Å². The van der Waals surface area contributed by atoms with Crippen LogP contribution in [0.1, 0.15) is 50.2 Å². The molecular weight excluding hydrogens is 354 g/mol. The number of amides is 2. The molecule has 3 N–H and O–H groups in total. The van der Waals surface area contributed by atoms with E-state index in [9.17, 15) is 9.59 Å². The van der Waals surface area contributed by atoms with Crippen molar-refractivity contribution in [1.29, 1.82) is 5.26 Å². The summed E-state index contributed by atoms with van der Waals surface area (Å²) in [5, 5.41) is 14.0. The van der Waals surface area contributed by atoms with Gasteiger partial charge in [-0.25, -0.2) is 4.98 Å². The maximum Gasteiger partial charge on any atom is 0.271 e. The molecule has 0 radical (unpaired) electrons. The molecule has 0 spiro atoms. The molecule has 2 amide bonds. The molecule has 7 nitrogen and oxygen atoms in total. The maximum absolute atomic E-state index is 12.6. The Morgan fingerprint density at radius 2 is 1.89 bits per heavy atom. The fourth-order valence-electron chi connectivity index (χ4n) is 2.56. The minimum atomic E-state index is -0.460. The Balaban J connectivity index is 2.22. The molecule has 0 fully saturated rings. The van der Waals surface area contributed by atoms with Gasteiger partial charge in [-0.2, -0.15) is 5.26 Å². The SMILES string of the molecule is C/C(=C/c1nc[nH]c1C(C)(C)C)NC(=O)/C(=C/c1ccc(C#N)cc1)NC=O. The Kier molecular flexibility index (Phi) is 6.51. The number of nitrogens with zero attached hydrogens (tertiary/aromatic N) is 2. The minimum Gasteiger partial charge on any atom is -0.348 e. The van der Waals surface area contributed by atoms with Crippen LogP contribution < -0.4 is 10.6 Å². The van der Waals surface area contributed by atoms with E-state index in [0.717, 1.165) is 11.4 Å². The second-order valence-corrected chi connectivity index (χ2v) is 7.25. The zero-order valence-electron chi connectivity index (χ0n) is 16.3. The number of imidazole rings is 1. The molecule has 28 heavy (non-hydrogen) atoms. The Hall–Kier alpha value is -3.66. The third-order valence-electron chi connectivity index (χ3n) is 3.89. The molecule has 1 heterocycles.